The van der Waals surface area contributed by atoms with Gasteiger partial charge < -0.3 is 15.0 Å². The molecule has 0 aliphatic carbocycles. The first-order chi connectivity index (χ1) is 12.2. The van der Waals surface area contributed by atoms with E-state index in [2.05, 4.69) is 10.3 Å². The zero-order valence-electron chi connectivity index (χ0n) is 14.2. The maximum Gasteiger partial charge on any atom is 0.255 e. The lowest BCUT2D eigenvalue weighted by molar-refractivity contribution is -0.117. The van der Waals surface area contributed by atoms with Crippen molar-refractivity contribution in [2.75, 3.05) is 18.1 Å². The predicted molar refractivity (Wildman–Crippen MR) is 94.6 cm³/mol. The van der Waals surface area contributed by atoms with E-state index < -0.39 is 0 Å². The second-order valence-corrected chi connectivity index (χ2v) is 5.81. The Kier molecular flexibility index (Phi) is 5.28. The van der Waals surface area contributed by atoms with Crippen LogP contribution in [0.1, 0.15) is 35.7 Å². The van der Waals surface area contributed by atoms with Crippen molar-refractivity contribution in [3.63, 3.8) is 0 Å². The van der Waals surface area contributed by atoms with Crippen LogP contribution in [-0.2, 0) is 11.3 Å². The maximum absolute atomic E-state index is 12.4. The summed E-state index contributed by atoms with van der Waals surface area (Å²) in [5, 5.41) is 2.88. The maximum atomic E-state index is 12.4. The molecule has 1 fully saturated rings. The Morgan fingerprint density at radius 1 is 1.32 bits per heavy atom. The third-order valence-corrected chi connectivity index (χ3v) is 4.05. The number of rotatable bonds is 6. The van der Waals surface area contributed by atoms with E-state index in [0.717, 1.165) is 24.2 Å². The van der Waals surface area contributed by atoms with Crippen molar-refractivity contribution < 1.29 is 14.3 Å². The predicted octanol–water partition coefficient (Wildman–Crippen LogP) is 2.54. The zero-order valence-corrected chi connectivity index (χ0v) is 14.2. The minimum absolute atomic E-state index is 0.119. The molecular formula is C19H21N3O3. The molecule has 1 aromatic carbocycles. The van der Waals surface area contributed by atoms with Gasteiger partial charge in [0.1, 0.15) is 5.75 Å². The normalized spacial score (nSPS) is 13.8. The number of anilines is 1. The molecule has 0 bridgehead atoms. The summed E-state index contributed by atoms with van der Waals surface area (Å²) in [6.45, 7) is 3.44. The van der Waals surface area contributed by atoms with E-state index in [9.17, 15) is 9.59 Å². The van der Waals surface area contributed by atoms with Crippen LogP contribution < -0.4 is 15.0 Å². The zero-order chi connectivity index (χ0) is 17.6. The van der Waals surface area contributed by atoms with E-state index in [1.54, 1.807) is 35.5 Å². The van der Waals surface area contributed by atoms with E-state index in [0.29, 0.717) is 30.9 Å². The molecule has 130 valence electrons. The molecule has 2 aromatic rings. The van der Waals surface area contributed by atoms with Gasteiger partial charge in [-0.15, -0.1) is 0 Å². The first-order valence-corrected chi connectivity index (χ1v) is 8.43. The van der Waals surface area contributed by atoms with Crippen LogP contribution in [-0.4, -0.2) is 29.9 Å². The Hall–Kier alpha value is -2.89. The van der Waals surface area contributed by atoms with Crippen molar-refractivity contribution in [2.45, 2.75) is 26.3 Å². The second-order valence-electron chi connectivity index (χ2n) is 5.81. The molecule has 0 spiro atoms. The largest absolute Gasteiger partial charge is 0.493 e. The molecule has 2 heterocycles. The first kappa shape index (κ1) is 17.0. The molecule has 1 saturated heterocycles. The number of para-hydroxylation sites is 1. The van der Waals surface area contributed by atoms with E-state index >= 15 is 0 Å². The Balaban J connectivity index is 1.67. The van der Waals surface area contributed by atoms with Crippen molar-refractivity contribution in [3.05, 3.63) is 53.9 Å². The molecule has 6 heteroatoms. The summed E-state index contributed by atoms with van der Waals surface area (Å²) in [5.74, 6) is 0.484. The van der Waals surface area contributed by atoms with E-state index in [-0.39, 0.29) is 11.8 Å². The first-order valence-electron chi connectivity index (χ1n) is 8.43. The van der Waals surface area contributed by atoms with Crippen molar-refractivity contribution in [3.8, 4) is 5.75 Å². The molecule has 0 saturated carbocycles. The van der Waals surface area contributed by atoms with Gasteiger partial charge >= 0.3 is 0 Å². The third kappa shape index (κ3) is 3.96. The Morgan fingerprint density at radius 3 is 2.92 bits per heavy atom. The van der Waals surface area contributed by atoms with Crippen LogP contribution in [0.3, 0.4) is 0 Å². The lowest BCUT2D eigenvalue weighted by atomic mass is 10.2. The molecule has 0 atom stereocenters. The van der Waals surface area contributed by atoms with Crippen LogP contribution >= 0.6 is 0 Å². The molecule has 2 amide bonds. The van der Waals surface area contributed by atoms with Crippen molar-refractivity contribution in [1.82, 2.24) is 10.3 Å². The summed E-state index contributed by atoms with van der Waals surface area (Å²) in [5.41, 5.74) is 2.13. The average Bonchev–Trinajstić information content (AvgIpc) is 3.07. The number of ether oxygens (including phenoxy) is 1. The lowest BCUT2D eigenvalue weighted by Crippen LogP contribution is -2.25. The Labute approximate surface area is 146 Å². The van der Waals surface area contributed by atoms with Crippen LogP contribution in [0.4, 0.5) is 5.69 Å². The summed E-state index contributed by atoms with van der Waals surface area (Å²) < 4.78 is 5.49. The lowest BCUT2D eigenvalue weighted by Gasteiger charge is -2.16. The van der Waals surface area contributed by atoms with Crippen molar-refractivity contribution in [2.24, 2.45) is 0 Å². The van der Waals surface area contributed by atoms with Gasteiger partial charge in [0, 0.05) is 25.7 Å². The SMILES string of the molecule is CCOc1ccccc1C(=O)NCc1cncc(N2CCCC2=O)c1. The highest BCUT2D eigenvalue weighted by molar-refractivity contribution is 5.97. The van der Waals surface area contributed by atoms with Crippen molar-refractivity contribution >= 4 is 17.5 Å². The molecular weight excluding hydrogens is 318 g/mol. The number of amides is 2. The van der Waals surface area contributed by atoms with Gasteiger partial charge in [-0.3, -0.25) is 14.6 Å². The highest BCUT2D eigenvalue weighted by Crippen LogP contribution is 2.21. The van der Waals surface area contributed by atoms with E-state index in [1.807, 2.05) is 19.1 Å². The summed E-state index contributed by atoms with van der Waals surface area (Å²) in [7, 11) is 0. The number of hydrogen-bond acceptors (Lipinski definition) is 4. The van der Waals surface area contributed by atoms with Crippen molar-refractivity contribution in [1.29, 1.82) is 0 Å². The summed E-state index contributed by atoms with van der Waals surface area (Å²) in [6, 6.07) is 9.04. The monoisotopic (exact) mass is 339 g/mol. The minimum atomic E-state index is -0.202. The highest BCUT2D eigenvalue weighted by atomic mass is 16.5. The van der Waals surface area contributed by atoms with Gasteiger partial charge in [-0.05, 0) is 37.1 Å². The fourth-order valence-electron chi connectivity index (χ4n) is 2.85. The molecule has 0 unspecified atom stereocenters. The van der Waals surface area contributed by atoms with Gasteiger partial charge in [0.2, 0.25) is 5.91 Å². The average molecular weight is 339 g/mol. The molecule has 1 aromatic heterocycles. The number of hydrogen-bond donors (Lipinski definition) is 1. The summed E-state index contributed by atoms with van der Waals surface area (Å²) in [4.78, 5) is 30.2. The van der Waals surface area contributed by atoms with Crippen LogP contribution in [0.15, 0.2) is 42.7 Å². The Bertz CT molecular complexity index is 776. The summed E-state index contributed by atoms with van der Waals surface area (Å²) in [6.07, 6.45) is 4.82. The van der Waals surface area contributed by atoms with E-state index in [1.165, 1.54) is 0 Å². The smallest absolute Gasteiger partial charge is 0.255 e. The van der Waals surface area contributed by atoms with Crippen LogP contribution in [0, 0.1) is 0 Å². The second kappa shape index (κ2) is 7.79. The molecule has 0 radical (unpaired) electrons. The number of carbonyl (C=O) groups is 2. The fourth-order valence-corrected chi connectivity index (χ4v) is 2.85. The fraction of sp³-hybridized carbons (Fsp3) is 0.316. The molecule has 1 aliphatic heterocycles. The summed E-state index contributed by atoms with van der Waals surface area (Å²) >= 11 is 0. The highest BCUT2D eigenvalue weighted by Gasteiger charge is 2.22. The number of benzene rings is 1. The molecule has 3 rings (SSSR count). The van der Waals surface area contributed by atoms with Crippen LogP contribution in [0.5, 0.6) is 5.75 Å². The number of nitrogens with zero attached hydrogens (tertiary/aromatic N) is 2. The number of nitrogens with one attached hydrogen (secondary N) is 1. The van der Waals surface area contributed by atoms with Crippen LogP contribution in [0.2, 0.25) is 0 Å². The van der Waals surface area contributed by atoms with Gasteiger partial charge in [-0.25, -0.2) is 0 Å². The number of carbonyl (C=O) groups excluding carboxylic acids is 2. The van der Waals surface area contributed by atoms with Gasteiger partial charge in [0.05, 0.1) is 24.1 Å². The van der Waals surface area contributed by atoms with Gasteiger partial charge in [0.25, 0.3) is 5.91 Å². The Morgan fingerprint density at radius 2 is 2.16 bits per heavy atom. The van der Waals surface area contributed by atoms with Gasteiger partial charge in [-0.2, -0.15) is 0 Å². The van der Waals surface area contributed by atoms with E-state index in [4.69, 9.17) is 4.74 Å². The minimum Gasteiger partial charge on any atom is -0.493 e. The van der Waals surface area contributed by atoms with Gasteiger partial charge in [-0.1, -0.05) is 12.1 Å². The standard InChI is InChI=1S/C19H21N3O3/c1-2-25-17-7-4-3-6-16(17)19(24)21-12-14-10-15(13-20-11-14)22-9-5-8-18(22)23/h3-4,6-7,10-11,13H,2,5,8-9,12H2,1H3,(H,21,24). The third-order valence-electron chi connectivity index (χ3n) is 4.05. The quantitative estimate of drug-likeness (QED) is 0.878. The molecule has 1 aliphatic rings. The number of aromatic nitrogens is 1. The topological polar surface area (TPSA) is 71.5 Å². The van der Waals surface area contributed by atoms with Crippen LogP contribution in [0.25, 0.3) is 0 Å². The molecule has 25 heavy (non-hydrogen) atoms. The molecule has 1 N–H and O–H groups in total. The number of pyridine rings is 1. The van der Waals surface area contributed by atoms with Gasteiger partial charge in [0.15, 0.2) is 0 Å². The molecule has 6 nitrogen and oxygen atoms in total.